The summed E-state index contributed by atoms with van der Waals surface area (Å²) in [7, 11) is 0. The average Bonchev–Trinajstić information content (AvgIpc) is 2.25. The Morgan fingerprint density at radius 1 is 1.44 bits per heavy atom. The topological polar surface area (TPSA) is 21.3 Å². The molecule has 0 amide bonds. The van der Waals surface area contributed by atoms with E-state index in [0.29, 0.717) is 17.4 Å². The van der Waals surface area contributed by atoms with E-state index >= 15 is 0 Å². The van der Waals surface area contributed by atoms with Crippen LogP contribution in [0, 0.1) is 12.7 Å². The van der Waals surface area contributed by atoms with Crippen molar-refractivity contribution in [1.82, 2.24) is 5.32 Å². The van der Waals surface area contributed by atoms with Crippen molar-refractivity contribution < 1.29 is 9.13 Å². The number of piperidine rings is 1. The molecule has 0 bridgehead atoms. The van der Waals surface area contributed by atoms with Gasteiger partial charge in [-0.3, -0.25) is 0 Å². The molecule has 0 spiro atoms. The first kappa shape index (κ1) is 11.4. The van der Waals surface area contributed by atoms with Crippen LogP contribution in [-0.2, 0) is 0 Å². The van der Waals surface area contributed by atoms with Crippen molar-refractivity contribution in [2.24, 2.45) is 0 Å². The molecule has 2 nitrogen and oxygen atoms in total. The highest BCUT2D eigenvalue weighted by Gasteiger charge is 2.20. The summed E-state index contributed by atoms with van der Waals surface area (Å²) in [4.78, 5) is 0. The van der Waals surface area contributed by atoms with E-state index in [1.54, 1.807) is 19.1 Å². The lowest BCUT2D eigenvalue weighted by molar-refractivity contribution is 0.138. The molecule has 0 aliphatic carbocycles. The minimum atomic E-state index is -0.228. The van der Waals surface area contributed by atoms with Gasteiger partial charge in [0.2, 0.25) is 0 Å². The number of hydrogen-bond donors (Lipinski definition) is 1. The van der Waals surface area contributed by atoms with Crippen molar-refractivity contribution in [1.29, 1.82) is 0 Å². The van der Waals surface area contributed by atoms with Gasteiger partial charge in [0.1, 0.15) is 6.10 Å². The predicted octanol–water partition coefficient (Wildman–Crippen LogP) is 2.65. The van der Waals surface area contributed by atoms with Gasteiger partial charge in [0, 0.05) is 6.04 Å². The van der Waals surface area contributed by atoms with E-state index in [1.807, 2.05) is 6.07 Å². The molecule has 2 atom stereocenters. The molecule has 1 aromatic rings. The zero-order valence-corrected chi connectivity index (χ0v) is 9.79. The molecule has 1 aliphatic rings. The van der Waals surface area contributed by atoms with Crippen LogP contribution in [0.2, 0.25) is 0 Å². The first-order valence-electron chi connectivity index (χ1n) is 5.82. The van der Waals surface area contributed by atoms with E-state index in [4.69, 9.17) is 4.74 Å². The maximum atomic E-state index is 13.7. The Morgan fingerprint density at radius 3 is 3.00 bits per heavy atom. The Morgan fingerprint density at radius 2 is 2.25 bits per heavy atom. The van der Waals surface area contributed by atoms with Gasteiger partial charge in [-0.15, -0.1) is 0 Å². The van der Waals surface area contributed by atoms with Gasteiger partial charge < -0.3 is 10.1 Å². The average molecular weight is 223 g/mol. The Kier molecular flexibility index (Phi) is 3.44. The first-order chi connectivity index (χ1) is 7.66. The Balaban J connectivity index is 2.05. The molecule has 0 radical (unpaired) electrons. The standard InChI is InChI=1S/C13H18FNO/c1-9-4-3-5-12(13(9)14)16-11-6-7-15-10(2)8-11/h3-5,10-11,15H,6-8H2,1-2H3. The third-order valence-corrected chi connectivity index (χ3v) is 3.03. The molecule has 2 unspecified atom stereocenters. The van der Waals surface area contributed by atoms with Crippen LogP contribution in [0.1, 0.15) is 25.3 Å². The molecule has 2 rings (SSSR count). The van der Waals surface area contributed by atoms with E-state index in [0.717, 1.165) is 19.4 Å². The largest absolute Gasteiger partial charge is 0.487 e. The van der Waals surface area contributed by atoms with Gasteiger partial charge in [0.15, 0.2) is 11.6 Å². The number of hydrogen-bond acceptors (Lipinski definition) is 2. The number of rotatable bonds is 2. The minimum Gasteiger partial charge on any atom is -0.487 e. The summed E-state index contributed by atoms with van der Waals surface area (Å²) in [5, 5.41) is 3.35. The van der Waals surface area contributed by atoms with Crippen LogP contribution < -0.4 is 10.1 Å². The van der Waals surface area contributed by atoms with Gasteiger partial charge in [0.05, 0.1) is 0 Å². The smallest absolute Gasteiger partial charge is 0.167 e. The van der Waals surface area contributed by atoms with Gasteiger partial charge in [-0.25, -0.2) is 4.39 Å². The fourth-order valence-electron chi connectivity index (χ4n) is 2.08. The summed E-state index contributed by atoms with van der Waals surface area (Å²) in [6, 6.07) is 5.74. The molecule has 1 aromatic carbocycles. The quantitative estimate of drug-likeness (QED) is 0.832. The van der Waals surface area contributed by atoms with Crippen LogP contribution >= 0.6 is 0 Å². The SMILES string of the molecule is Cc1cccc(OC2CCNC(C)C2)c1F. The molecule has 1 heterocycles. The van der Waals surface area contributed by atoms with Gasteiger partial charge in [0.25, 0.3) is 0 Å². The molecule has 0 aromatic heterocycles. The highest BCUT2D eigenvalue weighted by Crippen LogP contribution is 2.23. The van der Waals surface area contributed by atoms with Gasteiger partial charge in [-0.05, 0) is 44.9 Å². The second kappa shape index (κ2) is 4.83. The highest BCUT2D eigenvalue weighted by atomic mass is 19.1. The van der Waals surface area contributed by atoms with Gasteiger partial charge in [-0.1, -0.05) is 12.1 Å². The molecular weight excluding hydrogens is 205 g/mol. The summed E-state index contributed by atoms with van der Waals surface area (Å²) in [6.07, 6.45) is 2.01. The van der Waals surface area contributed by atoms with Crippen molar-refractivity contribution in [3.63, 3.8) is 0 Å². The maximum absolute atomic E-state index is 13.7. The molecule has 1 saturated heterocycles. The van der Waals surface area contributed by atoms with E-state index in [9.17, 15) is 4.39 Å². The highest BCUT2D eigenvalue weighted by molar-refractivity contribution is 5.30. The molecule has 1 fully saturated rings. The Bertz CT molecular complexity index is 367. The number of benzene rings is 1. The molecule has 88 valence electrons. The number of halogens is 1. The number of ether oxygens (including phenoxy) is 1. The zero-order chi connectivity index (χ0) is 11.5. The lowest BCUT2D eigenvalue weighted by Crippen LogP contribution is -2.40. The van der Waals surface area contributed by atoms with Crippen molar-refractivity contribution in [2.45, 2.75) is 38.8 Å². The number of nitrogens with one attached hydrogen (secondary N) is 1. The van der Waals surface area contributed by atoms with Crippen LogP contribution in [-0.4, -0.2) is 18.7 Å². The van der Waals surface area contributed by atoms with Crippen molar-refractivity contribution in [3.05, 3.63) is 29.6 Å². The summed E-state index contributed by atoms with van der Waals surface area (Å²) in [5.41, 5.74) is 0.638. The maximum Gasteiger partial charge on any atom is 0.167 e. The Hall–Kier alpha value is -1.09. The molecule has 3 heteroatoms. The fourth-order valence-corrected chi connectivity index (χ4v) is 2.08. The van der Waals surface area contributed by atoms with E-state index in [-0.39, 0.29) is 11.9 Å². The fraction of sp³-hybridized carbons (Fsp3) is 0.538. The Labute approximate surface area is 95.8 Å². The van der Waals surface area contributed by atoms with Crippen molar-refractivity contribution in [3.8, 4) is 5.75 Å². The minimum absolute atomic E-state index is 0.132. The van der Waals surface area contributed by atoms with E-state index < -0.39 is 0 Å². The molecule has 16 heavy (non-hydrogen) atoms. The second-order valence-corrected chi connectivity index (χ2v) is 4.51. The van der Waals surface area contributed by atoms with Gasteiger partial charge in [-0.2, -0.15) is 0 Å². The predicted molar refractivity (Wildman–Crippen MR) is 62.3 cm³/mol. The molecule has 1 N–H and O–H groups in total. The summed E-state index contributed by atoms with van der Waals surface area (Å²) < 4.78 is 19.4. The summed E-state index contributed by atoms with van der Waals surface area (Å²) in [6.45, 7) is 4.83. The monoisotopic (exact) mass is 223 g/mol. The lowest BCUT2D eigenvalue weighted by atomic mass is 10.0. The zero-order valence-electron chi connectivity index (χ0n) is 9.79. The van der Waals surface area contributed by atoms with Crippen molar-refractivity contribution >= 4 is 0 Å². The van der Waals surface area contributed by atoms with E-state index in [2.05, 4.69) is 12.2 Å². The van der Waals surface area contributed by atoms with Crippen molar-refractivity contribution in [2.75, 3.05) is 6.54 Å². The summed E-state index contributed by atoms with van der Waals surface area (Å²) in [5.74, 6) is 0.160. The third-order valence-electron chi connectivity index (χ3n) is 3.03. The van der Waals surface area contributed by atoms with E-state index in [1.165, 1.54) is 0 Å². The first-order valence-corrected chi connectivity index (χ1v) is 5.82. The molecular formula is C13H18FNO. The molecule has 1 aliphatic heterocycles. The normalized spacial score (nSPS) is 25.4. The van der Waals surface area contributed by atoms with Crippen LogP contribution in [0.15, 0.2) is 18.2 Å². The second-order valence-electron chi connectivity index (χ2n) is 4.51. The third kappa shape index (κ3) is 2.53. The number of aryl methyl sites for hydroxylation is 1. The van der Waals surface area contributed by atoms with Gasteiger partial charge >= 0.3 is 0 Å². The summed E-state index contributed by atoms with van der Waals surface area (Å²) >= 11 is 0. The molecule has 0 saturated carbocycles. The van der Waals surface area contributed by atoms with Crippen LogP contribution in [0.4, 0.5) is 4.39 Å². The van der Waals surface area contributed by atoms with Crippen LogP contribution in [0.5, 0.6) is 5.75 Å². The van der Waals surface area contributed by atoms with Crippen LogP contribution in [0.25, 0.3) is 0 Å². The van der Waals surface area contributed by atoms with Crippen LogP contribution in [0.3, 0.4) is 0 Å². The lowest BCUT2D eigenvalue weighted by Gasteiger charge is -2.28.